The Morgan fingerprint density at radius 1 is 0.591 bits per heavy atom. The van der Waals surface area contributed by atoms with Gasteiger partial charge in [0.15, 0.2) is 0 Å². The molecule has 0 amide bonds. The van der Waals surface area contributed by atoms with Crippen LogP contribution in [0.2, 0.25) is 0 Å². The van der Waals surface area contributed by atoms with Crippen LogP contribution >= 0.6 is 0 Å². The van der Waals surface area contributed by atoms with Crippen LogP contribution in [0.5, 0.6) is 5.75 Å². The predicted molar refractivity (Wildman–Crippen MR) is 88.5 cm³/mol. The molecule has 0 aliphatic rings. The van der Waals surface area contributed by atoms with Gasteiger partial charge in [-0.3, -0.25) is 0 Å². The number of rotatable bonds is 1. The molecule has 0 saturated heterocycles. The third-order valence-electron chi connectivity index (χ3n) is 4.04. The fourth-order valence-electron chi connectivity index (χ4n) is 3.03. The van der Waals surface area contributed by atoms with E-state index in [2.05, 4.69) is 0 Å². The Hall–Kier alpha value is -2.87. The molecule has 1 nitrogen and oxygen atoms in total. The van der Waals surface area contributed by atoms with Crippen LogP contribution in [-0.2, 0) is 0 Å². The van der Waals surface area contributed by atoms with Gasteiger partial charge in [0.2, 0.25) is 0 Å². The maximum Gasteiger partial charge on any atom is 0.131 e. The molecule has 0 unspecified atom stereocenters. The van der Waals surface area contributed by atoms with Crippen molar-refractivity contribution >= 4 is 21.5 Å². The minimum absolute atomic E-state index is 0.237. The molecule has 2 heteroatoms. The Morgan fingerprint density at radius 3 is 1.73 bits per heavy atom. The van der Waals surface area contributed by atoms with Crippen LogP contribution in [0.3, 0.4) is 0 Å². The number of aromatic hydroxyl groups is 1. The summed E-state index contributed by atoms with van der Waals surface area (Å²) >= 11 is 0. The molecule has 4 aromatic carbocycles. The van der Waals surface area contributed by atoms with E-state index >= 15 is 0 Å². The number of phenols is 1. The Bertz CT molecular complexity index is 988. The Morgan fingerprint density at radius 2 is 1.09 bits per heavy atom. The molecular weight excluding hydrogens is 275 g/mol. The quantitative estimate of drug-likeness (QED) is 0.458. The molecule has 0 radical (unpaired) electrons. The van der Waals surface area contributed by atoms with Gasteiger partial charge in [-0.05, 0) is 33.9 Å². The van der Waals surface area contributed by atoms with Crippen LogP contribution in [0.25, 0.3) is 32.7 Å². The first-order chi connectivity index (χ1) is 10.8. The maximum absolute atomic E-state index is 13.2. The highest BCUT2D eigenvalue weighted by molar-refractivity contribution is 6.17. The summed E-state index contributed by atoms with van der Waals surface area (Å²) in [5.74, 6) is -0.0470. The fourth-order valence-corrected chi connectivity index (χ4v) is 3.03. The Kier molecular flexibility index (Phi) is 2.83. The third kappa shape index (κ3) is 1.85. The highest BCUT2D eigenvalue weighted by atomic mass is 19.1. The molecule has 0 spiro atoms. The van der Waals surface area contributed by atoms with Crippen molar-refractivity contribution in [2.24, 2.45) is 0 Å². The molecule has 0 bridgehead atoms. The average Bonchev–Trinajstić information content (AvgIpc) is 2.57. The standard InChI is InChI=1S/C20H13FO/c21-14-11-9-13(10-12-14)19-17-7-3-1-5-15(17)16-6-2-4-8-18(16)20(19)22/h1-12,22H. The van der Waals surface area contributed by atoms with Crippen molar-refractivity contribution in [2.45, 2.75) is 0 Å². The number of hydrogen-bond donors (Lipinski definition) is 1. The van der Waals surface area contributed by atoms with Crippen LogP contribution in [0.4, 0.5) is 4.39 Å². The Labute approximate surface area is 127 Å². The summed E-state index contributed by atoms with van der Waals surface area (Å²) in [4.78, 5) is 0. The highest BCUT2D eigenvalue weighted by Gasteiger charge is 2.14. The van der Waals surface area contributed by atoms with Crippen LogP contribution in [0.15, 0.2) is 72.8 Å². The van der Waals surface area contributed by atoms with E-state index in [1.165, 1.54) is 12.1 Å². The van der Waals surface area contributed by atoms with Crippen molar-refractivity contribution in [1.82, 2.24) is 0 Å². The molecule has 4 aromatic rings. The van der Waals surface area contributed by atoms with Crippen LogP contribution < -0.4 is 0 Å². The smallest absolute Gasteiger partial charge is 0.131 e. The van der Waals surface area contributed by atoms with Gasteiger partial charge in [0.25, 0.3) is 0 Å². The highest BCUT2D eigenvalue weighted by Crippen LogP contribution is 2.42. The summed E-state index contributed by atoms with van der Waals surface area (Å²) in [5.41, 5.74) is 1.55. The van der Waals surface area contributed by atoms with Crippen molar-refractivity contribution in [2.75, 3.05) is 0 Å². The van der Waals surface area contributed by atoms with Crippen LogP contribution in [-0.4, -0.2) is 5.11 Å². The lowest BCUT2D eigenvalue weighted by Crippen LogP contribution is -1.86. The number of halogens is 1. The summed E-state index contributed by atoms with van der Waals surface area (Å²) in [6.07, 6.45) is 0. The molecule has 22 heavy (non-hydrogen) atoms. The van der Waals surface area contributed by atoms with Crippen LogP contribution in [0.1, 0.15) is 0 Å². The van der Waals surface area contributed by atoms with Crippen molar-refractivity contribution in [3.05, 3.63) is 78.6 Å². The molecule has 1 N–H and O–H groups in total. The second-order valence-electron chi connectivity index (χ2n) is 5.32. The van der Waals surface area contributed by atoms with Gasteiger partial charge in [0, 0.05) is 10.9 Å². The number of hydrogen-bond acceptors (Lipinski definition) is 1. The zero-order chi connectivity index (χ0) is 15.1. The number of benzene rings is 4. The van der Waals surface area contributed by atoms with Gasteiger partial charge in [-0.2, -0.15) is 0 Å². The largest absolute Gasteiger partial charge is 0.507 e. The van der Waals surface area contributed by atoms with Gasteiger partial charge in [-0.25, -0.2) is 4.39 Å². The van der Waals surface area contributed by atoms with E-state index in [0.717, 1.165) is 32.7 Å². The van der Waals surface area contributed by atoms with E-state index in [-0.39, 0.29) is 11.6 Å². The molecule has 0 atom stereocenters. The van der Waals surface area contributed by atoms with E-state index in [1.54, 1.807) is 12.1 Å². The number of fused-ring (bicyclic) bond motifs is 3. The number of phenolic OH excluding ortho intramolecular Hbond substituents is 1. The lowest BCUT2D eigenvalue weighted by Gasteiger charge is -2.13. The summed E-state index contributed by atoms with van der Waals surface area (Å²) < 4.78 is 13.2. The summed E-state index contributed by atoms with van der Waals surface area (Å²) in [5, 5.41) is 14.6. The van der Waals surface area contributed by atoms with E-state index in [0.29, 0.717) is 0 Å². The first kappa shape index (κ1) is 12.8. The lowest BCUT2D eigenvalue weighted by molar-refractivity contribution is 0.484. The molecule has 0 fully saturated rings. The molecule has 0 saturated carbocycles. The molecule has 106 valence electrons. The predicted octanol–water partition coefficient (Wildman–Crippen LogP) is 5.50. The van der Waals surface area contributed by atoms with Crippen molar-refractivity contribution in [3.63, 3.8) is 0 Å². The van der Waals surface area contributed by atoms with Crippen molar-refractivity contribution < 1.29 is 9.50 Å². The van der Waals surface area contributed by atoms with Gasteiger partial charge in [-0.1, -0.05) is 60.7 Å². The first-order valence-electron chi connectivity index (χ1n) is 7.14. The molecular formula is C20H13FO. The zero-order valence-electron chi connectivity index (χ0n) is 11.8. The fraction of sp³-hybridized carbons (Fsp3) is 0. The summed E-state index contributed by atoms with van der Waals surface area (Å²) in [6.45, 7) is 0. The van der Waals surface area contributed by atoms with Gasteiger partial charge in [0.1, 0.15) is 11.6 Å². The van der Waals surface area contributed by atoms with Gasteiger partial charge >= 0.3 is 0 Å². The van der Waals surface area contributed by atoms with Gasteiger partial charge in [-0.15, -0.1) is 0 Å². The minimum atomic E-state index is -0.284. The van der Waals surface area contributed by atoms with E-state index in [9.17, 15) is 9.50 Å². The SMILES string of the molecule is Oc1c(-c2ccc(F)cc2)c2ccccc2c2ccccc12. The molecule has 0 heterocycles. The molecule has 4 rings (SSSR count). The normalized spacial score (nSPS) is 11.1. The molecule has 0 aliphatic carbocycles. The lowest BCUT2D eigenvalue weighted by atomic mass is 9.92. The maximum atomic E-state index is 13.2. The van der Waals surface area contributed by atoms with Crippen LogP contribution in [0, 0.1) is 5.82 Å². The monoisotopic (exact) mass is 288 g/mol. The zero-order valence-corrected chi connectivity index (χ0v) is 11.8. The van der Waals surface area contributed by atoms with E-state index in [4.69, 9.17) is 0 Å². The van der Waals surface area contributed by atoms with Crippen molar-refractivity contribution in [3.8, 4) is 16.9 Å². The Balaban J connectivity index is 2.20. The minimum Gasteiger partial charge on any atom is -0.507 e. The van der Waals surface area contributed by atoms with E-state index in [1.807, 2.05) is 48.5 Å². The third-order valence-corrected chi connectivity index (χ3v) is 4.04. The molecule has 0 aliphatic heterocycles. The topological polar surface area (TPSA) is 20.2 Å². The second kappa shape index (κ2) is 4.85. The second-order valence-corrected chi connectivity index (χ2v) is 5.32. The average molecular weight is 288 g/mol. The van der Waals surface area contributed by atoms with E-state index < -0.39 is 0 Å². The summed E-state index contributed by atoms with van der Waals surface area (Å²) in [7, 11) is 0. The van der Waals surface area contributed by atoms with Gasteiger partial charge < -0.3 is 5.11 Å². The van der Waals surface area contributed by atoms with Crippen molar-refractivity contribution in [1.29, 1.82) is 0 Å². The molecule has 0 aromatic heterocycles. The first-order valence-corrected chi connectivity index (χ1v) is 7.14. The van der Waals surface area contributed by atoms with Gasteiger partial charge in [0.05, 0.1) is 0 Å². The summed E-state index contributed by atoms with van der Waals surface area (Å²) in [6, 6.07) is 22.0.